The zero-order valence-corrected chi connectivity index (χ0v) is 11.6. The van der Waals surface area contributed by atoms with Gasteiger partial charge in [0.15, 0.2) is 0 Å². The highest BCUT2D eigenvalue weighted by Crippen LogP contribution is 2.28. The molecule has 0 radical (unpaired) electrons. The van der Waals surface area contributed by atoms with E-state index in [2.05, 4.69) is 44.6 Å². The summed E-state index contributed by atoms with van der Waals surface area (Å²) in [4.78, 5) is 11.9. The average molecular weight is 234 g/mol. The van der Waals surface area contributed by atoms with E-state index in [-0.39, 0.29) is 11.8 Å². The van der Waals surface area contributed by atoms with Crippen LogP contribution in [0, 0.1) is 27.7 Å². The van der Waals surface area contributed by atoms with Gasteiger partial charge in [0.2, 0.25) is 5.91 Å². The van der Waals surface area contributed by atoms with Crippen molar-refractivity contribution in [2.24, 2.45) is 0 Å². The number of rotatable bonds is 3. The van der Waals surface area contributed by atoms with Crippen molar-refractivity contribution in [3.05, 3.63) is 33.9 Å². The van der Waals surface area contributed by atoms with Crippen LogP contribution in [0.3, 0.4) is 0 Å². The molecule has 0 bridgehead atoms. The number of carbonyl (C=O) groups is 1. The van der Waals surface area contributed by atoms with Crippen LogP contribution in [0.25, 0.3) is 0 Å². The Morgan fingerprint density at radius 1 is 1.12 bits per heavy atom. The summed E-state index contributed by atoms with van der Waals surface area (Å²) in [6.07, 6.45) is 0. The second-order valence-corrected chi connectivity index (χ2v) is 4.63. The lowest BCUT2D eigenvalue weighted by atomic mass is 9.86. The fourth-order valence-corrected chi connectivity index (χ4v) is 2.26. The first-order valence-electron chi connectivity index (χ1n) is 5.94. The summed E-state index contributed by atoms with van der Waals surface area (Å²) in [5.41, 5.74) is 11.4. The summed E-state index contributed by atoms with van der Waals surface area (Å²) < 4.78 is 0. The number of hydrogen-bond donors (Lipinski definition) is 2. The molecular weight excluding hydrogens is 212 g/mol. The third kappa shape index (κ3) is 2.67. The summed E-state index contributed by atoms with van der Waals surface area (Å²) in [5.74, 6) is -0.134. The number of benzene rings is 1. The van der Waals surface area contributed by atoms with Crippen molar-refractivity contribution in [1.29, 1.82) is 0 Å². The van der Waals surface area contributed by atoms with Crippen LogP contribution in [0.1, 0.15) is 40.7 Å². The van der Waals surface area contributed by atoms with Gasteiger partial charge in [0.1, 0.15) is 0 Å². The molecule has 0 saturated carbocycles. The Morgan fingerprint density at radius 3 is 2.00 bits per heavy atom. The average Bonchev–Trinajstić information content (AvgIpc) is 2.27. The third-order valence-corrected chi connectivity index (χ3v) is 3.50. The van der Waals surface area contributed by atoms with Crippen molar-refractivity contribution in [3.63, 3.8) is 0 Å². The number of hydrazine groups is 1. The minimum absolute atomic E-state index is 0.00343. The van der Waals surface area contributed by atoms with E-state index in [1.54, 1.807) is 7.05 Å². The SMILES string of the molecule is CNNC(=O)C(C)c1c(C)c(C)cc(C)c1C. The zero-order valence-electron chi connectivity index (χ0n) is 11.6. The van der Waals surface area contributed by atoms with E-state index in [1.165, 1.54) is 22.3 Å². The summed E-state index contributed by atoms with van der Waals surface area (Å²) in [7, 11) is 1.70. The van der Waals surface area contributed by atoms with E-state index in [1.807, 2.05) is 6.92 Å². The van der Waals surface area contributed by atoms with Crippen molar-refractivity contribution in [3.8, 4) is 0 Å². The Labute approximate surface area is 104 Å². The highest BCUT2D eigenvalue weighted by molar-refractivity contribution is 5.83. The number of hydrogen-bond acceptors (Lipinski definition) is 2. The molecule has 0 aliphatic rings. The van der Waals surface area contributed by atoms with E-state index in [9.17, 15) is 4.79 Å². The van der Waals surface area contributed by atoms with E-state index in [0.29, 0.717) is 0 Å². The molecule has 0 fully saturated rings. The highest BCUT2D eigenvalue weighted by atomic mass is 16.2. The normalized spacial score (nSPS) is 12.4. The minimum Gasteiger partial charge on any atom is -0.291 e. The lowest BCUT2D eigenvalue weighted by Crippen LogP contribution is -2.37. The molecule has 0 saturated heterocycles. The zero-order chi connectivity index (χ0) is 13.2. The van der Waals surface area contributed by atoms with Crippen LogP contribution in [0.4, 0.5) is 0 Å². The maximum Gasteiger partial charge on any atom is 0.241 e. The van der Waals surface area contributed by atoms with E-state index in [4.69, 9.17) is 0 Å². The van der Waals surface area contributed by atoms with Crippen molar-refractivity contribution < 1.29 is 4.79 Å². The van der Waals surface area contributed by atoms with Crippen molar-refractivity contribution in [2.45, 2.75) is 40.5 Å². The van der Waals surface area contributed by atoms with Crippen molar-refractivity contribution in [2.75, 3.05) is 7.05 Å². The quantitative estimate of drug-likeness (QED) is 0.788. The van der Waals surface area contributed by atoms with Gasteiger partial charge in [0.25, 0.3) is 0 Å². The molecular formula is C14H22N2O. The fourth-order valence-electron chi connectivity index (χ4n) is 2.26. The predicted octanol–water partition coefficient (Wildman–Crippen LogP) is 2.27. The number of carbonyl (C=O) groups excluding carboxylic acids is 1. The molecule has 1 rings (SSSR count). The second kappa shape index (κ2) is 5.32. The first-order valence-corrected chi connectivity index (χ1v) is 5.94. The number of aryl methyl sites for hydroxylation is 2. The summed E-state index contributed by atoms with van der Waals surface area (Å²) in [6.45, 7) is 10.3. The number of nitrogens with one attached hydrogen (secondary N) is 2. The highest BCUT2D eigenvalue weighted by Gasteiger charge is 2.20. The molecule has 1 amide bonds. The van der Waals surface area contributed by atoms with Crippen LogP contribution in [-0.2, 0) is 4.79 Å². The molecule has 1 aromatic rings. The Bertz CT molecular complexity index is 412. The van der Waals surface area contributed by atoms with Crippen molar-refractivity contribution >= 4 is 5.91 Å². The maximum absolute atomic E-state index is 11.9. The summed E-state index contributed by atoms with van der Waals surface area (Å²) in [5, 5.41) is 0. The first-order chi connectivity index (χ1) is 7.90. The van der Waals surface area contributed by atoms with Crippen LogP contribution in [0.2, 0.25) is 0 Å². The van der Waals surface area contributed by atoms with Gasteiger partial charge in [-0.2, -0.15) is 0 Å². The Balaban J connectivity index is 3.25. The smallest absolute Gasteiger partial charge is 0.241 e. The Kier molecular flexibility index (Phi) is 4.29. The van der Waals surface area contributed by atoms with E-state index < -0.39 is 0 Å². The Morgan fingerprint density at radius 2 is 1.59 bits per heavy atom. The second-order valence-electron chi connectivity index (χ2n) is 4.63. The predicted molar refractivity (Wildman–Crippen MR) is 71.0 cm³/mol. The third-order valence-electron chi connectivity index (χ3n) is 3.50. The fraction of sp³-hybridized carbons (Fsp3) is 0.500. The first kappa shape index (κ1) is 13.7. The monoisotopic (exact) mass is 234 g/mol. The van der Waals surface area contributed by atoms with Crippen LogP contribution < -0.4 is 10.9 Å². The standard InChI is InChI=1S/C14H22N2O/c1-8-7-9(2)11(4)13(10(8)3)12(5)14(17)16-15-6/h7,12,15H,1-6H3,(H,16,17). The topological polar surface area (TPSA) is 41.1 Å². The molecule has 17 heavy (non-hydrogen) atoms. The van der Waals surface area contributed by atoms with Crippen LogP contribution >= 0.6 is 0 Å². The van der Waals surface area contributed by atoms with Gasteiger partial charge in [0.05, 0.1) is 5.92 Å². The molecule has 0 heterocycles. The van der Waals surface area contributed by atoms with Gasteiger partial charge >= 0.3 is 0 Å². The van der Waals surface area contributed by atoms with Gasteiger partial charge in [-0.05, 0) is 62.4 Å². The van der Waals surface area contributed by atoms with E-state index in [0.717, 1.165) is 5.56 Å². The molecule has 0 aliphatic carbocycles. The van der Waals surface area contributed by atoms with Crippen LogP contribution in [0.5, 0.6) is 0 Å². The molecule has 2 N–H and O–H groups in total. The molecule has 3 nitrogen and oxygen atoms in total. The molecule has 1 aromatic carbocycles. The van der Waals surface area contributed by atoms with Gasteiger partial charge in [-0.1, -0.05) is 6.07 Å². The lowest BCUT2D eigenvalue weighted by Gasteiger charge is -2.20. The molecule has 94 valence electrons. The molecule has 1 unspecified atom stereocenters. The van der Waals surface area contributed by atoms with Crippen LogP contribution in [-0.4, -0.2) is 13.0 Å². The molecule has 0 aromatic heterocycles. The maximum atomic E-state index is 11.9. The Hall–Kier alpha value is -1.35. The number of amides is 1. The van der Waals surface area contributed by atoms with Crippen molar-refractivity contribution in [1.82, 2.24) is 10.9 Å². The van der Waals surface area contributed by atoms with Crippen LogP contribution in [0.15, 0.2) is 6.07 Å². The van der Waals surface area contributed by atoms with Gasteiger partial charge in [0, 0.05) is 7.05 Å². The van der Waals surface area contributed by atoms with Gasteiger partial charge in [-0.15, -0.1) is 0 Å². The van der Waals surface area contributed by atoms with Gasteiger partial charge in [-0.3, -0.25) is 10.2 Å². The lowest BCUT2D eigenvalue weighted by molar-refractivity contribution is -0.123. The van der Waals surface area contributed by atoms with E-state index >= 15 is 0 Å². The van der Waals surface area contributed by atoms with Gasteiger partial charge in [-0.25, -0.2) is 5.43 Å². The summed E-state index contributed by atoms with van der Waals surface area (Å²) in [6, 6.07) is 2.18. The molecule has 0 spiro atoms. The summed E-state index contributed by atoms with van der Waals surface area (Å²) >= 11 is 0. The minimum atomic E-state index is -0.138. The molecule has 0 aliphatic heterocycles. The van der Waals surface area contributed by atoms with Gasteiger partial charge < -0.3 is 0 Å². The molecule has 3 heteroatoms. The largest absolute Gasteiger partial charge is 0.291 e. The molecule has 1 atom stereocenters.